The zero-order valence-corrected chi connectivity index (χ0v) is 18.8. The first-order valence-electron chi connectivity index (χ1n) is 10.4. The highest BCUT2D eigenvalue weighted by Crippen LogP contribution is 2.43. The number of hydrogen-bond acceptors (Lipinski definition) is 5. The van der Waals surface area contributed by atoms with Gasteiger partial charge in [-0.15, -0.1) is 0 Å². The number of hydrogen-bond donors (Lipinski definition) is 1. The number of ether oxygens (including phenoxy) is 1. The van der Waals surface area contributed by atoms with Crippen molar-refractivity contribution in [3.8, 4) is 5.75 Å². The van der Waals surface area contributed by atoms with E-state index in [1.165, 1.54) is 24.5 Å². The number of aliphatic hydroxyl groups is 1. The number of anilines is 1. The minimum Gasteiger partial charge on any atom is -0.507 e. The monoisotopic (exact) mass is 449 g/mol. The summed E-state index contributed by atoms with van der Waals surface area (Å²) in [4.78, 5) is 27.3. The molecule has 1 saturated heterocycles. The molecular formula is C26H24FNO5. The largest absolute Gasteiger partial charge is 0.507 e. The molecule has 1 aliphatic heterocycles. The molecule has 1 fully saturated rings. The Bertz CT molecular complexity index is 1250. The predicted octanol–water partition coefficient (Wildman–Crippen LogP) is 5.35. The van der Waals surface area contributed by atoms with Crippen molar-refractivity contribution in [2.24, 2.45) is 0 Å². The molecule has 6 nitrogen and oxygen atoms in total. The molecule has 1 unspecified atom stereocenters. The van der Waals surface area contributed by atoms with Gasteiger partial charge in [-0.3, -0.25) is 14.5 Å². The van der Waals surface area contributed by atoms with Crippen LogP contribution in [0.5, 0.6) is 5.75 Å². The maximum atomic E-state index is 13.9. The summed E-state index contributed by atoms with van der Waals surface area (Å²) in [5.41, 5.74) is 0.917. The van der Waals surface area contributed by atoms with E-state index in [0.717, 1.165) is 16.5 Å². The highest BCUT2D eigenvalue weighted by atomic mass is 19.1. The van der Waals surface area contributed by atoms with Gasteiger partial charge >= 0.3 is 0 Å². The number of Topliss-reactive ketones (excluding diaryl/α,β-unsaturated/α-hetero) is 1. The van der Waals surface area contributed by atoms with Crippen molar-refractivity contribution in [3.05, 3.63) is 89.1 Å². The lowest BCUT2D eigenvalue weighted by Gasteiger charge is -2.24. The van der Waals surface area contributed by atoms with E-state index in [2.05, 4.69) is 0 Å². The van der Waals surface area contributed by atoms with Crippen LogP contribution in [0.2, 0.25) is 0 Å². The topological polar surface area (TPSA) is 80.0 Å². The SMILES string of the molecule is COc1ccc(/C(O)=C2/C(=O)C(=O)N(c3cccc(F)c3)C2c2ccco2)cc1C(C)(C)C. The van der Waals surface area contributed by atoms with Crippen LogP contribution in [-0.4, -0.2) is 23.9 Å². The average molecular weight is 449 g/mol. The summed E-state index contributed by atoms with van der Waals surface area (Å²) in [5.74, 6) is -1.76. The maximum absolute atomic E-state index is 13.9. The minimum atomic E-state index is -1.05. The summed E-state index contributed by atoms with van der Waals surface area (Å²) in [6, 6.07) is 12.6. The van der Waals surface area contributed by atoms with Crippen LogP contribution in [0.4, 0.5) is 10.1 Å². The first-order chi connectivity index (χ1) is 15.6. The Morgan fingerprint density at radius 1 is 1.09 bits per heavy atom. The van der Waals surface area contributed by atoms with Crippen LogP contribution in [0.3, 0.4) is 0 Å². The van der Waals surface area contributed by atoms with E-state index in [9.17, 15) is 19.1 Å². The summed E-state index contributed by atoms with van der Waals surface area (Å²) < 4.78 is 24.9. The predicted molar refractivity (Wildman–Crippen MR) is 122 cm³/mol. The van der Waals surface area contributed by atoms with Crippen LogP contribution >= 0.6 is 0 Å². The van der Waals surface area contributed by atoms with Gasteiger partial charge in [0, 0.05) is 16.8 Å². The molecule has 1 aliphatic rings. The van der Waals surface area contributed by atoms with E-state index in [-0.39, 0.29) is 28.2 Å². The molecule has 1 amide bonds. The molecule has 4 rings (SSSR count). The van der Waals surface area contributed by atoms with Crippen molar-refractivity contribution < 1.29 is 28.2 Å². The number of nitrogens with zero attached hydrogens (tertiary/aromatic N) is 1. The van der Waals surface area contributed by atoms with Crippen molar-refractivity contribution in [1.82, 2.24) is 0 Å². The van der Waals surface area contributed by atoms with Gasteiger partial charge in [0.2, 0.25) is 0 Å². The fourth-order valence-corrected chi connectivity index (χ4v) is 4.04. The van der Waals surface area contributed by atoms with E-state index in [1.807, 2.05) is 20.8 Å². The van der Waals surface area contributed by atoms with Gasteiger partial charge < -0.3 is 14.3 Å². The number of rotatable bonds is 4. The summed E-state index contributed by atoms with van der Waals surface area (Å²) in [7, 11) is 1.56. The highest BCUT2D eigenvalue weighted by molar-refractivity contribution is 6.51. The number of aliphatic hydroxyl groups excluding tert-OH is 1. The van der Waals surface area contributed by atoms with Gasteiger partial charge in [0.1, 0.15) is 29.1 Å². The molecule has 0 aliphatic carbocycles. The third-order valence-corrected chi connectivity index (χ3v) is 5.62. The summed E-state index contributed by atoms with van der Waals surface area (Å²) in [6.45, 7) is 6.00. The van der Waals surface area contributed by atoms with E-state index >= 15 is 0 Å². The quantitative estimate of drug-likeness (QED) is 0.330. The number of benzene rings is 2. The second-order valence-corrected chi connectivity index (χ2v) is 8.83. The van der Waals surface area contributed by atoms with Gasteiger partial charge in [0.15, 0.2) is 0 Å². The standard InChI is InChI=1S/C26H24FNO5/c1-26(2,3)18-13-15(10-11-19(18)32-4)23(29)21-22(20-9-6-12-33-20)28(25(31)24(21)30)17-8-5-7-16(27)14-17/h5-14,22,29H,1-4H3/b23-21-. The molecule has 0 bridgehead atoms. The molecule has 0 saturated carbocycles. The van der Waals surface area contributed by atoms with Gasteiger partial charge in [-0.25, -0.2) is 4.39 Å². The molecular weight excluding hydrogens is 425 g/mol. The van der Waals surface area contributed by atoms with Crippen molar-refractivity contribution in [3.63, 3.8) is 0 Å². The summed E-state index contributed by atoms with van der Waals surface area (Å²) in [5, 5.41) is 11.3. The summed E-state index contributed by atoms with van der Waals surface area (Å²) in [6.07, 6.45) is 1.41. The number of methoxy groups -OCH3 is 1. The number of amides is 1. The van der Waals surface area contributed by atoms with Crippen LogP contribution in [0, 0.1) is 5.82 Å². The normalized spacial score (nSPS) is 18.1. The second kappa shape index (κ2) is 8.24. The van der Waals surface area contributed by atoms with Gasteiger partial charge in [-0.1, -0.05) is 26.8 Å². The Balaban J connectivity index is 1.93. The van der Waals surface area contributed by atoms with Crippen molar-refractivity contribution in [1.29, 1.82) is 0 Å². The third-order valence-electron chi connectivity index (χ3n) is 5.62. The van der Waals surface area contributed by atoms with Crippen LogP contribution in [0.15, 0.2) is 70.9 Å². The molecule has 1 N–H and O–H groups in total. The molecule has 1 atom stereocenters. The first-order valence-corrected chi connectivity index (χ1v) is 10.4. The maximum Gasteiger partial charge on any atom is 0.300 e. The van der Waals surface area contributed by atoms with Crippen molar-refractivity contribution in [2.75, 3.05) is 12.0 Å². The number of halogens is 1. The molecule has 0 spiro atoms. The van der Waals surface area contributed by atoms with E-state index < -0.39 is 23.5 Å². The third kappa shape index (κ3) is 3.91. The number of carbonyl (C=O) groups is 2. The van der Waals surface area contributed by atoms with Crippen molar-refractivity contribution in [2.45, 2.75) is 32.2 Å². The van der Waals surface area contributed by atoms with Gasteiger partial charge in [0.25, 0.3) is 11.7 Å². The molecule has 0 radical (unpaired) electrons. The van der Waals surface area contributed by atoms with Gasteiger partial charge in [0.05, 0.1) is 18.9 Å². The fourth-order valence-electron chi connectivity index (χ4n) is 4.04. The van der Waals surface area contributed by atoms with Gasteiger partial charge in [-0.2, -0.15) is 0 Å². The van der Waals surface area contributed by atoms with E-state index in [1.54, 1.807) is 37.4 Å². The molecule has 7 heteroatoms. The van der Waals surface area contributed by atoms with Crippen LogP contribution in [-0.2, 0) is 15.0 Å². The molecule has 2 aromatic carbocycles. The number of furan rings is 1. The lowest BCUT2D eigenvalue weighted by molar-refractivity contribution is -0.132. The lowest BCUT2D eigenvalue weighted by atomic mass is 9.84. The molecule has 3 aromatic rings. The second-order valence-electron chi connectivity index (χ2n) is 8.83. The smallest absolute Gasteiger partial charge is 0.300 e. The average Bonchev–Trinajstić information content (AvgIpc) is 3.39. The Hall–Kier alpha value is -3.87. The Labute approximate surface area is 190 Å². The molecule has 1 aromatic heterocycles. The first kappa shape index (κ1) is 22.3. The lowest BCUT2D eigenvalue weighted by Crippen LogP contribution is -2.29. The van der Waals surface area contributed by atoms with Gasteiger partial charge in [-0.05, 0) is 53.9 Å². The van der Waals surface area contributed by atoms with Crippen LogP contribution in [0.1, 0.15) is 43.7 Å². The summed E-state index contributed by atoms with van der Waals surface area (Å²) >= 11 is 0. The Morgan fingerprint density at radius 2 is 1.85 bits per heavy atom. The minimum absolute atomic E-state index is 0.135. The Kier molecular flexibility index (Phi) is 5.57. The molecule has 33 heavy (non-hydrogen) atoms. The zero-order chi connectivity index (χ0) is 23.9. The van der Waals surface area contributed by atoms with Crippen LogP contribution in [0.25, 0.3) is 5.76 Å². The number of carbonyl (C=O) groups excluding carboxylic acids is 2. The van der Waals surface area contributed by atoms with Crippen molar-refractivity contribution >= 4 is 23.1 Å². The highest BCUT2D eigenvalue weighted by Gasteiger charge is 2.48. The van der Waals surface area contributed by atoms with Crippen LogP contribution < -0.4 is 9.64 Å². The fraction of sp³-hybridized carbons (Fsp3) is 0.231. The van der Waals surface area contributed by atoms with E-state index in [4.69, 9.17) is 9.15 Å². The Morgan fingerprint density at radius 3 is 2.45 bits per heavy atom. The van der Waals surface area contributed by atoms with E-state index in [0.29, 0.717) is 11.3 Å². The zero-order valence-electron chi connectivity index (χ0n) is 18.8. The number of ketones is 1. The molecule has 2 heterocycles. The molecule has 170 valence electrons.